The predicted octanol–water partition coefficient (Wildman–Crippen LogP) is 7.78. The van der Waals surface area contributed by atoms with Gasteiger partial charge in [-0.1, -0.05) is 24.3 Å². The van der Waals surface area contributed by atoms with Gasteiger partial charge >= 0.3 is 11.9 Å². The van der Waals surface area contributed by atoms with Crippen LogP contribution in [0, 0.1) is 0 Å². The minimum atomic E-state index is -0.362. The zero-order valence-electron chi connectivity index (χ0n) is 23.0. The van der Waals surface area contributed by atoms with Crippen LogP contribution in [0.25, 0.3) is 34.8 Å². The number of ketones is 1. The second-order valence-corrected chi connectivity index (χ2v) is 9.52. The van der Waals surface area contributed by atoms with E-state index in [1.54, 1.807) is 74.5 Å². The number of allylic oxidation sites excluding steroid dienone is 2. The molecule has 5 rings (SSSR count). The van der Waals surface area contributed by atoms with Crippen molar-refractivity contribution in [3.63, 3.8) is 0 Å². The molecule has 41 heavy (non-hydrogen) atoms. The fourth-order valence-electron chi connectivity index (χ4n) is 4.66. The molecule has 0 unspecified atom stereocenters. The van der Waals surface area contributed by atoms with Gasteiger partial charge in [0.1, 0.15) is 23.0 Å². The number of hydrogen-bond donors (Lipinski definition) is 0. The standard InChI is InChI=1S/C34H30O7/c1-3-38-33(36)24-12-8-22(9-13-24)30-18-16-28(40-30)20-26-6-5-7-27(32(26)35)21-29-17-19-31(41-29)23-10-14-25(15-11-23)34(37)39-4-2/h8-21H,3-7H2,1-2H3/b26-20+,27-21+. The van der Waals surface area contributed by atoms with Crippen LogP contribution in [0.15, 0.2) is 92.8 Å². The molecule has 0 N–H and O–H groups in total. The largest absolute Gasteiger partial charge is 0.462 e. The van der Waals surface area contributed by atoms with Gasteiger partial charge in [0.05, 0.1) is 24.3 Å². The number of furan rings is 2. The minimum absolute atomic E-state index is 0.0234. The number of benzene rings is 2. The molecule has 0 radical (unpaired) electrons. The molecule has 7 nitrogen and oxygen atoms in total. The monoisotopic (exact) mass is 550 g/mol. The fraction of sp³-hybridized carbons (Fsp3) is 0.206. The van der Waals surface area contributed by atoms with Crippen LogP contribution in [0.4, 0.5) is 0 Å². The van der Waals surface area contributed by atoms with Crippen LogP contribution in [0.1, 0.15) is 65.3 Å². The third-order valence-corrected chi connectivity index (χ3v) is 6.72. The van der Waals surface area contributed by atoms with Crippen LogP contribution < -0.4 is 0 Å². The molecule has 0 atom stereocenters. The molecule has 0 amide bonds. The Morgan fingerprint density at radius 1 is 0.659 bits per heavy atom. The highest BCUT2D eigenvalue weighted by atomic mass is 16.5. The van der Waals surface area contributed by atoms with Gasteiger partial charge in [-0.05, 0) is 93.8 Å². The van der Waals surface area contributed by atoms with Gasteiger partial charge in [-0.2, -0.15) is 0 Å². The van der Waals surface area contributed by atoms with Crippen molar-refractivity contribution in [1.29, 1.82) is 0 Å². The molecular weight excluding hydrogens is 520 g/mol. The van der Waals surface area contributed by atoms with E-state index < -0.39 is 0 Å². The number of Topliss-reactive ketones (excluding diaryl/α,β-unsaturated/α-hetero) is 1. The van der Waals surface area contributed by atoms with E-state index in [2.05, 4.69) is 0 Å². The lowest BCUT2D eigenvalue weighted by molar-refractivity contribution is -0.112. The molecule has 0 saturated heterocycles. The Labute approximate surface area is 238 Å². The zero-order valence-corrected chi connectivity index (χ0v) is 23.0. The summed E-state index contributed by atoms with van der Waals surface area (Å²) in [7, 11) is 0. The first-order valence-corrected chi connectivity index (χ1v) is 13.7. The number of hydrogen-bond acceptors (Lipinski definition) is 7. The second kappa shape index (κ2) is 12.5. The molecule has 4 aromatic rings. The van der Waals surface area contributed by atoms with Crippen molar-refractivity contribution in [2.75, 3.05) is 13.2 Å². The Bertz CT molecular complexity index is 1490. The van der Waals surface area contributed by atoms with Gasteiger partial charge in [0.15, 0.2) is 5.78 Å². The Kier molecular flexibility index (Phi) is 8.44. The van der Waals surface area contributed by atoms with E-state index >= 15 is 0 Å². The highest BCUT2D eigenvalue weighted by molar-refractivity contribution is 6.13. The van der Waals surface area contributed by atoms with Crippen molar-refractivity contribution in [3.8, 4) is 22.6 Å². The highest BCUT2D eigenvalue weighted by Gasteiger charge is 2.22. The number of ether oxygens (including phenoxy) is 2. The first kappa shape index (κ1) is 27.6. The highest BCUT2D eigenvalue weighted by Crippen LogP contribution is 2.31. The molecule has 1 aliphatic carbocycles. The molecule has 1 aliphatic rings. The SMILES string of the molecule is CCOC(=O)c1ccc(-c2ccc(/C=C3\CCC/C(=C\c4ccc(-c5ccc(C(=O)OCC)cc5)o4)C3=O)o2)cc1. The summed E-state index contributed by atoms with van der Waals surface area (Å²) in [6.45, 7) is 4.18. The maximum Gasteiger partial charge on any atom is 0.338 e. The summed E-state index contributed by atoms with van der Waals surface area (Å²) in [6, 6.07) is 21.4. The summed E-state index contributed by atoms with van der Waals surface area (Å²) in [6.07, 6.45) is 5.76. The average Bonchev–Trinajstić information content (AvgIpc) is 3.66. The summed E-state index contributed by atoms with van der Waals surface area (Å²) in [4.78, 5) is 37.1. The lowest BCUT2D eigenvalue weighted by atomic mass is 9.88. The minimum Gasteiger partial charge on any atom is -0.462 e. The Hall–Kier alpha value is -4.91. The van der Waals surface area contributed by atoms with Crippen LogP contribution in [0.5, 0.6) is 0 Å². The van der Waals surface area contributed by atoms with Crippen molar-refractivity contribution >= 4 is 29.9 Å². The van der Waals surface area contributed by atoms with E-state index in [9.17, 15) is 14.4 Å². The molecular formula is C34H30O7. The molecule has 1 saturated carbocycles. The van der Waals surface area contributed by atoms with E-state index in [-0.39, 0.29) is 17.7 Å². The second-order valence-electron chi connectivity index (χ2n) is 9.52. The molecule has 0 aliphatic heterocycles. The summed E-state index contributed by atoms with van der Waals surface area (Å²) in [5.41, 5.74) is 3.97. The predicted molar refractivity (Wildman–Crippen MR) is 155 cm³/mol. The molecule has 0 bridgehead atoms. The van der Waals surface area contributed by atoms with Crippen LogP contribution in [-0.2, 0) is 14.3 Å². The molecule has 1 fully saturated rings. The normalized spacial score (nSPS) is 15.3. The zero-order chi connectivity index (χ0) is 28.8. The van der Waals surface area contributed by atoms with Gasteiger partial charge in [-0.3, -0.25) is 4.79 Å². The van der Waals surface area contributed by atoms with E-state index in [4.69, 9.17) is 18.3 Å². The Morgan fingerprint density at radius 2 is 1.07 bits per heavy atom. The smallest absolute Gasteiger partial charge is 0.338 e. The number of esters is 2. The summed E-state index contributed by atoms with van der Waals surface area (Å²) in [5, 5.41) is 0. The first-order chi connectivity index (χ1) is 19.9. The van der Waals surface area contributed by atoms with Crippen LogP contribution in [-0.4, -0.2) is 30.9 Å². The third-order valence-electron chi connectivity index (χ3n) is 6.72. The molecule has 2 heterocycles. The van der Waals surface area contributed by atoms with Crippen molar-refractivity contribution in [3.05, 3.63) is 107 Å². The lowest BCUT2D eigenvalue weighted by Gasteiger charge is -2.15. The number of rotatable bonds is 8. The molecule has 0 spiro atoms. The quantitative estimate of drug-likeness (QED) is 0.163. The average molecular weight is 551 g/mol. The molecule has 7 heteroatoms. The van der Waals surface area contributed by atoms with E-state index in [1.165, 1.54) is 0 Å². The third kappa shape index (κ3) is 6.47. The van der Waals surface area contributed by atoms with Gasteiger partial charge in [0.2, 0.25) is 0 Å². The first-order valence-electron chi connectivity index (χ1n) is 13.7. The van der Waals surface area contributed by atoms with Gasteiger partial charge in [-0.25, -0.2) is 9.59 Å². The molecule has 2 aromatic carbocycles. The van der Waals surface area contributed by atoms with Crippen LogP contribution in [0.3, 0.4) is 0 Å². The Morgan fingerprint density at radius 3 is 1.46 bits per heavy atom. The number of carbonyl (C=O) groups is 3. The van der Waals surface area contributed by atoms with Crippen LogP contribution in [0.2, 0.25) is 0 Å². The summed E-state index contributed by atoms with van der Waals surface area (Å²) < 4.78 is 22.1. The number of carbonyl (C=O) groups excluding carboxylic acids is 3. The fourth-order valence-corrected chi connectivity index (χ4v) is 4.66. The summed E-state index contributed by atoms with van der Waals surface area (Å²) in [5.74, 6) is 1.72. The van der Waals surface area contributed by atoms with E-state index in [0.29, 0.717) is 71.4 Å². The van der Waals surface area contributed by atoms with Gasteiger partial charge < -0.3 is 18.3 Å². The lowest BCUT2D eigenvalue weighted by Crippen LogP contribution is -2.12. The van der Waals surface area contributed by atoms with Crippen LogP contribution >= 0.6 is 0 Å². The summed E-state index contributed by atoms with van der Waals surface area (Å²) >= 11 is 0. The van der Waals surface area contributed by atoms with Crippen molar-refractivity contribution < 1.29 is 32.7 Å². The van der Waals surface area contributed by atoms with Gasteiger partial charge in [0, 0.05) is 22.3 Å². The van der Waals surface area contributed by atoms with Gasteiger partial charge in [0.25, 0.3) is 0 Å². The van der Waals surface area contributed by atoms with E-state index in [0.717, 1.165) is 17.5 Å². The maximum atomic E-state index is 13.3. The molecule has 208 valence electrons. The van der Waals surface area contributed by atoms with Crippen molar-refractivity contribution in [2.24, 2.45) is 0 Å². The topological polar surface area (TPSA) is 96.0 Å². The van der Waals surface area contributed by atoms with Crippen molar-refractivity contribution in [2.45, 2.75) is 33.1 Å². The van der Waals surface area contributed by atoms with Crippen molar-refractivity contribution in [1.82, 2.24) is 0 Å². The Balaban J connectivity index is 1.28. The maximum absolute atomic E-state index is 13.3. The van der Waals surface area contributed by atoms with E-state index in [1.807, 2.05) is 24.3 Å². The molecule has 2 aromatic heterocycles. The van der Waals surface area contributed by atoms with Gasteiger partial charge in [-0.15, -0.1) is 0 Å².